The number of sulfonamides is 1. The zero-order valence-corrected chi connectivity index (χ0v) is 22.9. The molecule has 0 spiro atoms. The summed E-state index contributed by atoms with van der Waals surface area (Å²) in [5.41, 5.74) is 1.33. The van der Waals surface area contributed by atoms with E-state index in [1.807, 2.05) is 0 Å². The molecule has 0 heterocycles. The van der Waals surface area contributed by atoms with Crippen LogP contribution in [-0.4, -0.2) is 33.2 Å². The molecule has 0 saturated heterocycles. The number of methoxy groups -OCH3 is 1. The van der Waals surface area contributed by atoms with Gasteiger partial charge in [0.2, 0.25) is 0 Å². The van der Waals surface area contributed by atoms with Crippen LogP contribution in [0.2, 0.25) is 0 Å². The maximum atomic E-state index is 12.7. The number of hydrogen-bond acceptors (Lipinski definition) is 6. The second-order valence-corrected chi connectivity index (χ2v) is 10.6. The van der Waals surface area contributed by atoms with E-state index in [0.717, 1.165) is 12.8 Å². The molecule has 0 aliphatic rings. The van der Waals surface area contributed by atoms with Gasteiger partial charge in [0.25, 0.3) is 15.9 Å². The van der Waals surface area contributed by atoms with Crippen LogP contribution >= 0.6 is 28.1 Å². The Hall–Kier alpha value is -3.15. The Morgan fingerprint density at radius 2 is 1.67 bits per heavy atom. The third-order valence-corrected chi connectivity index (χ3v) is 7.16. The second kappa shape index (κ2) is 12.7. The van der Waals surface area contributed by atoms with Crippen LogP contribution in [-0.2, 0) is 10.0 Å². The van der Waals surface area contributed by atoms with E-state index in [0.29, 0.717) is 39.5 Å². The van der Waals surface area contributed by atoms with Gasteiger partial charge in [-0.2, -0.15) is 0 Å². The highest BCUT2D eigenvalue weighted by molar-refractivity contribution is 9.10. The number of carbonyl (C=O) groups is 1. The van der Waals surface area contributed by atoms with E-state index in [1.54, 1.807) is 54.6 Å². The first-order chi connectivity index (χ1) is 17.2. The first-order valence-electron chi connectivity index (χ1n) is 11.0. The summed E-state index contributed by atoms with van der Waals surface area (Å²) in [7, 11) is -2.25. The fourth-order valence-corrected chi connectivity index (χ4v) is 4.78. The van der Waals surface area contributed by atoms with Crippen molar-refractivity contribution in [2.24, 2.45) is 0 Å². The molecule has 1 amide bonds. The first kappa shape index (κ1) is 27.4. The summed E-state index contributed by atoms with van der Waals surface area (Å²) in [5.74, 6) is 0.894. The molecule has 0 bridgehead atoms. The molecule has 3 aromatic rings. The first-order valence-corrected chi connectivity index (χ1v) is 13.7. The molecule has 3 N–H and O–H groups in total. The summed E-state index contributed by atoms with van der Waals surface area (Å²) >= 11 is 8.66. The van der Waals surface area contributed by atoms with Gasteiger partial charge >= 0.3 is 0 Å². The lowest BCUT2D eigenvalue weighted by molar-refractivity contribution is 0.0977. The Balaban J connectivity index is 1.57. The van der Waals surface area contributed by atoms with Gasteiger partial charge in [-0.25, -0.2) is 8.42 Å². The molecular weight excluding hydrogens is 566 g/mol. The van der Waals surface area contributed by atoms with Crippen LogP contribution in [0.1, 0.15) is 30.1 Å². The van der Waals surface area contributed by atoms with Gasteiger partial charge in [-0.05, 0) is 101 Å². The van der Waals surface area contributed by atoms with Crippen molar-refractivity contribution in [2.75, 3.05) is 23.8 Å². The Kier molecular flexibility index (Phi) is 9.68. The minimum absolute atomic E-state index is 0.0740. The average Bonchev–Trinajstić information content (AvgIpc) is 2.85. The largest absolute Gasteiger partial charge is 0.497 e. The minimum Gasteiger partial charge on any atom is -0.497 e. The lowest BCUT2D eigenvalue weighted by Gasteiger charge is -2.12. The minimum atomic E-state index is -3.78. The van der Waals surface area contributed by atoms with Crippen molar-refractivity contribution in [1.29, 1.82) is 0 Å². The Morgan fingerprint density at radius 1 is 1.00 bits per heavy atom. The predicted molar refractivity (Wildman–Crippen MR) is 148 cm³/mol. The number of halogens is 1. The van der Waals surface area contributed by atoms with Crippen molar-refractivity contribution >= 4 is 60.6 Å². The van der Waals surface area contributed by atoms with Gasteiger partial charge < -0.3 is 14.8 Å². The molecule has 11 heteroatoms. The number of hydrogen-bond donors (Lipinski definition) is 3. The highest BCUT2D eigenvalue weighted by Crippen LogP contribution is 2.26. The summed E-state index contributed by atoms with van der Waals surface area (Å²) in [4.78, 5) is 12.6. The average molecular weight is 593 g/mol. The molecule has 0 atom stereocenters. The van der Waals surface area contributed by atoms with Gasteiger partial charge in [0.05, 0.1) is 23.1 Å². The van der Waals surface area contributed by atoms with Gasteiger partial charge in [0.1, 0.15) is 11.5 Å². The van der Waals surface area contributed by atoms with Crippen molar-refractivity contribution in [3.05, 3.63) is 76.8 Å². The number of carbonyl (C=O) groups excluding carboxylic acids is 1. The van der Waals surface area contributed by atoms with E-state index in [2.05, 4.69) is 38.2 Å². The van der Waals surface area contributed by atoms with Crippen LogP contribution in [0.25, 0.3) is 0 Å². The molecule has 0 saturated carbocycles. The standard InChI is InChI=1S/C25H26BrN3O5S2/c1-3-4-15-34-23-14-5-17(16-22(23)26)24(30)28-25(35)27-18-8-12-21(13-9-18)36(31,32)29-19-6-10-20(33-2)11-7-19/h5-14,16,29H,3-4,15H2,1-2H3,(H2,27,28,30,35). The number of anilines is 2. The van der Waals surface area contributed by atoms with Gasteiger partial charge in [-0.3, -0.25) is 14.8 Å². The van der Waals surface area contributed by atoms with Gasteiger partial charge in [0.15, 0.2) is 5.11 Å². The number of nitrogens with one attached hydrogen (secondary N) is 3. The number of thiocarbonyl (C=S) groups is 1. The quantitative estimate of drug-likeness (QED) is 0.209. The van der Waals surface area contributed by atoms with Crippen LogP contribution in [0.3, 0.4) is 0 Å². The Labute approximate surface area is 224 Å². The van der Waals surface area contributed by atoms with Crippen LogP contribution < -0.4 is 24.8 Å². The van der Waals surface area contributed by atoms with Crippen molar-refractivity contribution in [1.82, 2.24) is 5.32 Å². The topological polar surface area (TPSA) is 106 Å². The van der Waals surface area contributed by atoms with E-state index in [-0.39, 0.29) is 10.0 Å². The van der Waals surface area contributed by atoms with Gasteiger partial charge in [-0.1, -0.05) is 13.3 Å². The van der Waals surface area contributed by atoms with Crippen LogP contribution in [0.5, 0.6) is 11.5 Å². The lowest BCUT2D eigenvalue weighted by atomic mass is 10.2. The summed E-state index contributed by atoms with van der Waals surface area (Å²) in [6.07, 6.45) is 1.97. The van der Waals surface area contributed by atoms with E-state index in [4.69, 9.17) is 21.7 Å². The van der Waals surface area contributed by atoms with Crippen LogP contribution in [0.4, 0.5) is 11.4 Å². The third-order valence-electron chi connectivity index (χ3n) is 4.94. The van der Waals surface area contributed by atoms with Crippen LogP contribution in [0.15, 0.2) is 76.1 Å². The van der Waals surface area contributed by atoms with Crippen LogP contribution in [0, 0.1) is 0 Å². The monoisotopic (exact) mass is 591 g/mol. The number of amides is 1. The molecule has 0 aromatic heterocycles. The highest BCUT2D eigenvalue weighted by Gasteiger charge is 2.15. The lowest BCUT2D eigenvalue weighted by Crippen LogP contribution is -2.34. The molecule has 0 unspecified atom stereocenters. The van der Waals surface area contributed by atoms with E-state index < -0.39 is 15.9 Å². The van der Waals surface area contributed by atoms with E-state index in [9.17, 15) is 13.2 Å². The van der Waals surface area contributed by atoms with Crippen molar-refractivity contribution in [3.8, 4) is 11.5 Å². The maximum Gasteiger partial charge on any atom is 0.261 e. The molecular formula is C25H26BrN3O5S2. The normalized spacial score (nSPS) is 10.9. The zero-order valence-electron chi connectivity index (χ0n) is 19.7. The summed E-state index contributed by atoms with van der Waals surface area (Å²) < 4.78 is 39.3. The summed E-state index contributed by atoms with van der Waals surface area (Å²) in [6.45, 7) is 2.69. The number of benzene rings is 3. The maximum absolute atomic E-state index is 12.7. The molecule has 0 fully saturated rings. The molecule has 0 aliphatic heterocycles. The molecule has 190 valence electrons. The van der Waals surface area contributed by atoms with Crippen molar-refractivity contribution in [3.63, 3.8) is 0 Å². The van der Waals surface area contributed by atoms with E-state index in [1.165, 1.54) is 19.2 Å². The van der Waals surface area contributed by atoms with Crippen molar-refractivity contribution in [2.45, 2.75) is 24.7 Å². The second-order valence-electron chi connectivity index (χ2n) is 7.61. The molecule has 0 radical (unpaired) electrons. The highest BCUT2D eigenvalue weighted by atomic mass is 79.9. The molecule has 8 nitrogen and oxygen atoms in total. The zero-order chi connectivity index (χ0) is 26.1. The Bertz CT molecular complexity index is 1310. The third kappa shape index (κ3) is 7.67. The summed E-state index contributed by atoms with van der Waals surface area (Å²) in [6, 6.07) is 17.6. The molecule has 36 heavy (non-hydrogen) atoms. The molecule has 3 rings (SSSR count). The number of unbranched alkanes of at least 4 members (excludes halogenated alkanes) is 1. The number of rotatable bonds is 10. The molecule has 3 aromatic carbocycles. The fraction of sp³-hybridized carbons (Fsp3) is 0.200. The number of ether oxygens (including phenoxy) is 2. The van der Waals surface area contributed by atoms with Crippen molar-refractivity contribution < 1.29 is 22.7 Å². The molecule has 0 aliphatic carbocycles. The predicted octanol–water partition coefficient (Wildman–Crippen LogP) is 5.56. The smallest absolute Gasteiger partial charge is 0.261 e. The summed E-state index contributed by atoms with van der Waals surface area (Å²) in [5, 5.41) is 5.56. The van der Waals surface area contributed by atoms with E-state index >= 15 is 0 Å². The Morgan fingerprint density at radius 3 is 2.28 bits per heavy atom. The van der Waals surface area contributed by atoms with Gasteiger partial charge in [-0.15, -0.1) is 0 Å². The fourth-order valence-electron chi connectivity index (χ4n) is 3.01. The SMILES string of the molecule is CCCCOc1ccc(C(=O)NC(=S)Nc2ccc(S(=O)(=O)Nc3ccc(OC)cc3)cc2)cc1Br. The van der Waals surface area contributed by atoms with Gasteiger partial charge in [0, 0.05) is 16.9 Å².